The van der Waals surface area contributed by atoms with Gasteiger partial charge in [-0.1, -0.05) is 42.0 Å². The van der Waals surface area contributed by atoms with Gasteiger partial charge >= 0.3 is 0 Å². The van der Waals surface area contributed by atoms with Crippen LogP contribution in [-0.2, 0) is 9.59 Å². The van der Waals surface area contributed by atoms with E-state index >= 15 is 0 Å². The van der Waals surface area contributed by atoms with E-state index in [9.17, 15) is 14.8 Å². The summed E-state index contributed by atoms with van der Waals surface area (Å²) in [6.07, 6.45) is 7.90. The predicted octanol–water partition coefficient (Wildman–Crippen LogP) is 3.26. The Balaban J connectivity index is 1.44. The summed E-state index contributed by atoms with van der Waals surface area (Å²) in [5, 5.41) is 9.18. The summed E-state index contributed by atoms with van der Waals surface area (Å²) in [6, 6.07) is 10.3. The first kappa shape index (κ1) is 18.2. The van der Waals surface area contributed by atoms with Crippen LogP contribution < -0.4 is 5.48 Å². The predicted molar refractivity (Wildman–Crippen MR) is 102 cm³/mol. The van der Waals surface area contributed by atoms with Crippen molar-refractivity contribution >= 4 is 11.8 Å². The molecule has 0 bridgehead atoms. The second-order valence-corrected chi connectivity index (χ2v) is 8.27. The van der Waals surface area contributed by atoms with Gasteiger partial charge in [-0.25, -0.2) is 5.48 Å². The second-order valence-electron chi connectivity index (χ2n) is 8.27. The number of amides is 2. The zero-order chi connectivity index (χ0) is 18.8. The standard InChI is InChI=1S/C22H28N2O3/c25-21(23-27)20-13-16(12-15-6-7-15)8-9-19(20)22(26)24-11-10-18(14-24)17-4-2-1-3-5-17/h1-5,12,15,18-20,27H,6-11,13-14H2,(H,23,25)/t18-,19-,20-/m0/s1. The fraction of sp³-hybridized carbons (Fsp3) is 0.545. The van der Waals surface area contributed by atoms with Crippen LogP contribution in [0, 0.1) is 17.8 Å². The number of nitrogens with zero attached hydrogens (tertiary/aromatic N) is 1. The van der Waals surface area contributed by atoms with E-state index in [2.05, 4.69) is 18.2 Å². The van der Waals surface area contributed by atoms with Crippen LogP contribution in [0.5, 0.6) is 0 Å². The van der Waals surface area contributed by atoms with Gasteiger partial charge in [0.1, 0.15) is 0 Å². The van der Waals surface area contributed by atoms with Crippen molar-refractivity contribution in [3.8, 4) is 0 Å². The molecule has 0 spiro atoms. The van der Waals surface area contributed by atoms with Crippen molar-refractivity contribution in [2.24, 2.45) is 17.8 Å². The van der Waals surface area contributed by atoms with E-state index in [1.165, 1.54) is 24.0 Å². The molecule has 1 heterocycles. The summed E-state index contributed by atoms with van der Waals surface area (Å²) in [4.78, 5) is 27.4. The molecule has 4 rings (SSSR count). The molecule has 27 heavy (non-hydrogen) atoms. The number of hydrogen-bond acceptors (Lipinski definition) is 3. The smallest absolute Gasteiger partial charge is 0.247 e. The molecular weight excluding hydrogens is 340 g/mol. The average Bonchev–Trinajstić information content (AvgIpc) is 3.39. The van der Waals surface area contributed by atoms with Crippen molar-refractivity contribution in [1.82, 2.24) is 10.4 Å². The first-order valence-electron chi connectivity index (χ1n) is 10.1. The summed E-state index contributed by atoms with van der Waals surface area (Å²) < 4.78 is 0. The van der Waals surface area contributed by atoms with Gasteiger partial charge in [-0.15, -0.1) is 0 Å². The molecule has 0 radical (unpaired) electrons. The van der Waals surface area contributed by atoms with Crippen LogP contribution in [0.1, 0.15) is 50.0 Å². The number of likely N-dealkylation sites (tertiary alicyclic amines) is 1. The highest BCUT2D eigenvalue weighted by molar-refractivity contribution is 5.88. The van der Waals surface area contributed by atoms with Gasteiger partial charge in [-0.2, -0.15) is 0 Å². The maximum Gasteiger partial charge on any atom is 0.247 e. The van der Waals surface area contributed by atoms with Gasteiger partial charge in [-0.3, -0.25) is 14.8 Å². The van der Waals surface area contributed by atoms with Gasteiger partial charge in [0.2, 0.25) is 11.8 Å². The second kappa shape index (κ2) is 7.85. The van der Waals surface area contributed by atoms with Crippen molar-refractivity contribution in [3.05, 3.63) is 47.5 Å². The molecule has 1 aromatic rings. The van der Waals surface area contributed by atoms with E-state index in [1.54, 1.807) is 5.48 Å². The number of allylic oxidation sites excluding steroid dienone is 2. The third-order valence-electron chi connectivity index (χ3n) is 6.37. The van der Waals surface area contributed by atoms with Crippen LogP contribution in [-0.4, -0.2) is 35.0 Å². The van der Waals surface area contributed by atoms with E-state index < -0.39 is 11.8 Å². The van der Waals surface area contributed by atoms with E-state index in [4.69, 9.17) is 0 Å². The Kier molecular flexibility index (Phi) is 5.30. The van der Waals surface area contributed by atoms with E-state index in [-0.39, 0.29) is 11.8 Å². The fourth-order valence-electron chi connectivity index (χ4n) is 4.66. The molecule has 2 saturated carbocycles. The molecule has 1 saturated heterocycles. The van der Waals surface area contributed by atoms with Crippen LogP contribution in [0.25, 0.3) is 0 Å². The highest BCUT2D eigenvalue weighted by Gasteiger charge is 2.41. The van der Waals surface area contributed by atoms with Crippen LogP contribution in [0.3, 0.4) is 0 Å². The number of hydrogen-bond donors (Lipinski definition) is 2. The van der Waals surface area contributed by atoms with E-state index in [0.717, 1.165) is 25.9 Å². The Morgan fingerprint density at radius 3 is 2.56 bits per heavy atom. The van der Waals surface area contributed by atoms with Gasteiger partial charge in [0.15, 0.2) is 0 Å². The SMILES string of the molecule is O=C(NO)[C@H]1CC(=CC2CC2)CC[C@@H]1C(=O)N1CC[C@H](c2ccccc2)C1. The van der Waals surface area contributed by atoms with Crippen LogP contribution in [0.2, 0.25) is 0 Å². The average molecular weight is 368 g/mol. The highest BCUT2D eigenvalue weighted by atomic mass is 16.5. The number of carbonyl (C=O) groups is 2. The quantitative estimate of drug-likeness (QED) is 0.487. The first-order chi connectivity index (χ1) is 13.2. The van der Waals surface area contributed by atoms with Crippen LogP contribution >= 0.6 is 0 Å². The van der Waals surface area contributed by atoms with Gasteiger partial charge in [0, 0.05) is 19.0 Å². The molecule has 5 nitrogen and oxygen atoms in total. The summed E-state index contributed by atoms with van der Waals surface area (Å²) in [5.74, 6) is -0.106. The van der Waals surface area contributed by atoms with Crippen molar-refractivity contribution in [2.45, 2.75) is 44.4 Å². The van der Waals surface area contributed by atoms with E-state index in [0.29, 0.717) is 24.7 Å². The Morgan fingerprint density at radius 1 is 1.07 bits per heavy atom. The van der Waals surface area contributed by atoms with Crippen molar-refractivity contribution in [1.29, 1.82) is 0 Å². The largest absolute Gasteiger partial charge is 0.342 e. The van der Waals surface area contributed by atoms with Crippen molar-refractivity contribution in [3.63, 3.8) is 0 Å². The molecule has 2 N–H and O–H groups in total. The molecule has 3 fully saturated rings. The number of hydroxylamine groups is 1. The molecule has 3 atom stereocenters. The summed E-state index contributed by atoms with van der Waals surface area (Å²) in [5.41, 5.74) is 4.35. The maximum atomic E-state index is 13.2. The molecule has 0 unspecified atom stereocenters. The Hall–Kier alpha value is -2.14. The lowest BCUT2D eigenvalue weighted by Gasteiger charge is -2.33. The topological polar surface area (TPSA) is 69.6 Å². The summed E-state index contributed by atoms with van der Waals surface area (Å²) in [6.45, 7) is 1.46. The summed E-state index contributed by atoms with van der Waals surface area (Å²) in [7, 11) is 0. The third-order valence-corrected chi connectivity index (χ3v) is 6.37. The minimum Gasteiger partial charge on any atom is -0.342 e. The molecule has 5 heteroatoms. The van der Waals surface area contributed by atoms with Gasteiger partial charge in [0.25, 0.3) is 0 Å². The molecule has 1 aliphatic heterocycles. The van der Waals surface area contributed by atoms with Crippen LogP contribution in [0.15, 0.2) is 42.0 Å². The number of carbonyl (C=O) groups excluding carboxylic acids is 2. The number of benzene rings is 1. The lowest BCUT2D eigenvalue weighted by Crippen LogP contribution is -2.44. The Labute approximate surface area is 160 Å². The Morgan fingerprint density at radius 2 is 1.85 bits per heavy atom. The fourth-order valence-corrected chi connectivity index (χ4v) is 4.66. The zero-order valence-electron chi connectivity index (χ0n) is 15.6. The third kappa shape index (κ3) is 4.08. The number of rotatable bonds is 4. The highest BCUT2D eigenvalue weighted by Crippen LogP contribution is 2.40. The molecule has 2 amide bonds. The number of nitrogens with one attached hydrogen (secondary N) is 1. The summed E-state index contributed by atoms with van der Waals surface area (Å²) >= 11 is 0. The van der Waals surface area contributed by atoms with Gasteiger partial charge in [0.05, 0.1) is 11.8 Å². The normalized spacial score (nSPS) is 29.7. The molecule has 2 aliphatic carbocycles. The first-order valence-corrected chi connectivity index (χ1v) is 10.1. The molecule has 144 valence electrons. The van der Waals surface area contributed by atoms with Gasteiger partial charge in [-0.05, 0) is 50.0 Å². The maximum absolute atomic E-state index is 13.2. The van der Waals surface area contributed by atoms with Crippen LogP contribution in [0.4, 0.5) is 0 Å². The van der Waals surface area contributed by atoms with Gasteiger partial charge < -0.3 is 4.90 Å². The monoisotopic (exact) mass is 368 g/mol. The molecule has 0 aromatic heterocycles. The lowest BCUT2D eigenvalue weighted by molar-refractivity contribution is -0.145. The zero-order valence-corrected chi connectivity index (χ0v) is 15.6. The Bertz CT molecular complexity index is 726. The molecule has 3 aliphatic rings. The molecular formula is C22H28N2O3. The van der Waals surface area contributed by atoms with Crippen molar-refractivity contribution < 1.29 is 14.8 Å². The minimum absolute atomic E-state index is 0.0764. The molecule has 1 aromatic carbocycles. The minimum atomic E-state index is -0.461. The van der Waals surface area contributed by atoms with Crippen molar-refractivity contribution in [2.75, 3.05) is 13.1 Å². The van der Waals surface area contributed by atoms with E-state index in [1.807, 2.05) is 23.1 Å². The lowest BCUT2D eigenvalue weighted by atomic mass is 9.75.